The van der Waals surface area contributed by atoms with Crippen LogP contribution in [0.15, 0.2) is 24.3 Å². The van der Waals surface area contributed by atoms with Crippen molar-refractivity contribution in [1.82, 2.24) is 15.1 Å². The van der Waals surface area contributed by atoms with Crippen molar-refractivity contribution in [1.29, 1.82) is 0 Å². The molecule has 2 aliphatic heterocycles. The average molecular weight is 364 g/mol. The Balaban J connectivity index is 0.00000243. The zero-order valence-corrected chi connectivity index (χ0v) is 16.0. The molecule has 3 rings (SSSR count). The molecule has 2 unspecified atom stereocenters. The number of hydrogen-bond acceptors (Lipinski definition) is 4. The van der Waals surface area contributed by atoms with Gasteiger partial charge in [-0.15, -0.1) is 11.3 Å². The number of rotatable bonds is 5. The molecule has 1 N–H and O–H groups in total. The normalized spacial score (nSPS) is 25.8. The van der Waals surface area contributed by atoms with E-state index in [4.69, 9.17) is 0 Å². The number of piperidine rings is 1. The van der Waals surface area contributed by atoms with Crippen molar-refractivity contribution < 1.29 is 11.0 Å². The maximum absolute atomic E-state index is 12.8. The van der Waals surface area contributed by atoms with Gasteiger partial charge in [-0.1, -0.05) is 6.08 Å². The van der Waals surface area contributed by atoms with E-state index in [0.717, 1.165) is 37.1 Å². The van der Waals surface area contributed by atoms with Crippen LogP contribution in [0.25, 0.3) is 0 Å². The predicted octanol–water partition coefficient (Wildman–Crippen LogP) is 2.67. The van der Waals surface area contributed by atoms with Crippen molar-refractivity contribution in [3.8, 4) is 0 Å². The van der Waals surface area contributed by atoms with Crippen molar-refractivity contribution in [2.24, 2.45) is 0 Å². The molecule has 0 spiro atoms. The van der Waals surface area contributed by atoms with Crippen molar-refractivity contribution in [2.45, 2.75) is 50.7 Å². The number of nitrogens with zero attached hydrogens (tertiary/aromatic N) is 2. The van der Waals surface area contributed by atoms with Crippen LogP contribution in [0, 0.1) is 6.92 Å². The van der Waals surface area contributed by atoms with Gasteiger partial charge in [-0.05, 0) is 58.8 Å². The molecule has 0 radical (unpaired) electrons. The van der Waals surface area contributed by atoms with Crippen LogP contribution in [0.1, 0.15) is 41.7 Å². The van der Waals surface area contributed by atoms with Gasteiger partial charge in [0.15, 0.2) is 0 Å². The van der Waals surface area contributed by atoms with E-state index in [2.05, 4.69) is 10.2 Å². The van der Waals surface area contributed by atoms with Crippen LogP contribution in [0.5, 0.6) is 0 Å². The highest BCUT2D eigenvalue weighted by Crippen LogP contribution is 2.37. The molecule has 3 heterocycles. The zero-order valence-electron chi connectivity index (χ0n) is 15.2. The number of carbonyl (C=O) groups excluding carboxylic acids is 2. The van der Waals surface area contributed by atoms with Crippen LogP contribution in [0.2, 0.25) is 0 Å². The molecule has 1 aromatic heterocycles. The Kier molecular flexibility index (Phi) is 5.59. The first-order valence-corrected chi connectivity index (χ1v) is 9.76. The smallest absolute Gasteiger partial charge is 0.264 e. The molecule has 25 heavy (non-hydrogen) atoms. The number of hydrogen-bond donors (Lipinski definition) is 1. The summed E-state index contributed by atoms with van der Waals surface area (Å²) in [5.74, 6) is 0.140. The summed E-state index contributed by atoms with van der Waals surface area (Å²) in [6, 6.07) is 4.62. The number of fused-ring (bicyclic) bond motifs is 2. The fourth-order valence-corrected chi connectivity index (χ4v) is 4.73. The molecule has 2 fully saturated rings. The van der Waals surface area contributed by atoms with Crippen molar-refractivity contribution in [3.63, 3.8) is 0 Å². The van der Waals surface area contributed by atoms with Gasteiger partial charge < -0.3 is 15.1 Å². The summed E-state index contributed by atoms with van der Waals surface area (Å²) < 4.78 is 0. The largest absolute Gasteiger partial charge is 0.350 e. The molecular weight excluding hydrogens is 334 g/mol. The maximum Gasteiger partial charge on any atom is 0.264 e. The standard InChI is InChI=1S/C19H27N3O2S.H2/c1-13-6-9-17(25-13)19(24)22-15-7-8-16(22)12-14(11-15)20-18(23)5-4-10-21(2)3;/h4-6,9,14-16H,7-8,10-12H2,1-3H3,(H,20,23);1H/b5-4+;. The monoisotopic (exact) mass is 363 g/mol. The van der Waals surface area contributed by atoms with Gasteiger partial charge in [0, 0.05) is 37.1 Å². The van der Waals surface area contributed by atoms with Crippen LogP contribution in [0.3, 0.4) is 0 Å². The molecule has 2 aliphatic rings. The van der Waals surface area contributed by atoms with E-state index in [1.54, 1.807) is 17.4 Å². The topological polar surface area (TPSA) is 52.7 Å². The molecule has 0 aromatic carbocycles. The Labute approximate surface area is 155 Å². The fourth-order valence-electron chi connectivity index (χ4n) is 3.92. The van der Waals surface area contributed by atoms with Crippen molar-refractivity contribution in [3.05, 3.63) is 34.0 Å². The van der Waals surface area contributed by atoms with Gasteiger partial charge in [-0.25, -0.2) is 0 Å². The molecule has 6 heteroatoms. The Morgan fingerprint density at radius 2 is 2.00 bits per heavy atom. The zero-order chi connectivity index (χ0) is 18.0. The fraction of sp³-hybridized carbons (Fsp3) is 0.579. The first-order chi connectivity index (χ1) is 11.9. The molecule has 5 nitrogen and oxygen atoms in total. The minimum Gasteiger partial charge on any atom is -0.350 e. The van der Waals surface area contributed by atoms with E-state index in [-0.39, 0.29) is 31.4 Å². The van der Waals surface area contributed by atoms with E-state index >= 15 is 0 Å². The lowest BCUT2D eigenvalue weighted by Gasteiger charge is -2.39. The van der Waals surface area contributed by atoms with E-state index in [9.17, 15) is 9.59 Å². The summed E-state index contributed by atoms with van der Waals surface area (Å²) in [5.41, 5.74) is 0. The second-order valence-electron chi connectivity index (χ2n) is 7.35. The first kappa shape index (κ1) is 18.1. The van der Waals surface area contributed by atoms with E-state index in [1.807, 2.05) is 44.1 Å². The summed E-state index contributed by atoms with van der Waals surface area (Å²) >= 11 is 1.57. The summed E-state index contributed by atoms with van der Waals surface area (Å²) in [4.78, 5) is 31.0. The molecule has 2 bridgehead atoms. The van der Waals surface area contributed by atoms with Gasteiger partial charge in [0.2, 0.25) is 5.91 Å². The molecular formula is C19H29N3O2S. The van der Waals surface area contributed by atoms with Gasteiger partial charge in [-0.2, -0.15) is 0 Å². The highest BCUT2D eigenvalue weighted by atomic mass is 32.1. The third kappa shape index (κ3) is 4.30. The molecule has 2 amide bonds. The Morgan fingerprint density at radius 1 is 1.32 bits per heavy atom. The third-order valence-corrected chi connectivity index (χ3v) is 5.99. The average Bonchev–Trinajstić information content (AvgIpc) is 3.08. The highest BCUT2D eigenvalue weighted by Gasteiger charge is 2.43. The van der Waals surface area contributed by atoms with Gasteiger partial charge in [0.1, 0.15) is 0 Å². The Bertz CT molecular complexity index is 659. The van der Waals surface area contributed by atoms with Crippen LogP contribution >= 0.6 is 11.3 Å². The summed E-state index contributed by atoms with van der Waals surface area (Å²) in [6.45, 7) is 2.79. The van der Waals surface area contributed by atoms with Crippen LogP contribution < -0.4 is 5.32 Å². The highest BCUT2D eigenvalue weighted by molar-refractivity contribution is 7.13. The molecule has 1 aromatic rings. The number of carbonyl (C=O) groups is 2. The third-order valence-electron chi connectivity index (χ3n) is 5.00. The van der Waals surface area contributed by atoms with E-state index < -0.39 is 0 Å². The Morgan fingerprint density at radius 3 is 2.56 bits per heavy atom. The number of thiophene rings is 1. The van der Waals surface area contributed by atoms with Gasteiger partial charge in [-0.3, -0.25) is 9.59 Å². The van der Waals surface area contributed by atoms with E-state index in [0.29, 0.717) is 0 Å². The molecule has 0 aliphatic carbocycles. The summed E-state index contributed by atoms with van der Waals surface area (Å²) in [6.07, 6.45) is 7.31. The summed E-state index contributed by atoms with van der Waals surface area (Å²) in [5, 5.41) is 3.12. The van der Waals surface area contributed by atoms with Crippen molar-refractivity contribution in [2.75, 3.05) is 20.6 Å². The molecule has 0 saturated carbocycles. The van der Waals surface area contributed by atoms with Crippen LogP contribution in [0.4, 0.5) is 0 Å². The lowest BCUT2D eigenvalue weighted by atomic mass is 9.97. The lowest BCUT2D eigenvalue weighted by molar-refractivity contribution is -0.117. The molecule has 2 atom stereocenters. The number of likely N-dealkylation sites (N-methyl/N-ethyl adjacent to an activating group) is 1. The minimum absolute atomic E-state index is 0. The molecule has 2 saturated heterocycles. The van der Waals surface area contributed by atoms with Crippen molar-refractivity contribution >= 4 is 23.2 Å². The molecule has 138 valence electrons. The lowest BCUT2D eigenvalue weighted by Crippen LogP contribution is -2.52. The second-order valence-corrected chi connectivity index (χ2v) is 8.64. The minimum atomic E-state index is -0.0279. The van der Waals surface area contributed by atoms with Gasteiger partial charge in [0.05, 0.1) is 4.88 Å². The first-order valence-electron chi connectivity index (χ1n) is 8.95. The van der Waals surface area contributed by atoms with Crippen LogP contribution in [-0.2, 0) is 4.79 Å². The Hall–Kier alpha value is -1.66. The van der Waals surface area contributed by atoms with E-state index in [1.165, 1.54) is 4.88 Å². The SMILES string of the molecule is Cc1ccc(C(=O)N2C3CCC2CC(NC(=O)/C=C/CN(C)C)C3)s1.[HH]. The number of nitrogens with one attached hydrogen (secondary N) is 1. The number of aryl methyl sites for hydroxylation is 1. The number of amides is 2. The van der Waals surface area contributed by atoms with Crippen LogP contribution in [-0.4, -0.2) is 60.4 Å². The van der Waals surface area contributed by atoms with Gasteiger partial charge >= 0.3 is 0 Å². The van der Waals surface area contributed by atoms with Gasteiger partial charge in [0.25, 0.3) is 5.91 Å². The second kappa shape index (κ2) is 7.70. The summed E-state index contributed by atoms with van der Waals surface area (Å²) in [7, 11) is 3.95. The quantitative estimate of drug-likeness (QED) is 0.819. The maximum atomic E-state index is 12.8. The predicted molar refractivity (Wildman–Crippen MR) is 103 cm³/mol.